The molecule has 1 saturated heterocycles. The fraction of sp³-hybridized carbons (Fsp3) is 0.188. The van der Waals surface area contributed by atoms with Gasteiger partial charge in [0.15, 0.2) is 0 Å². The van der Waals surface area contributed by atoms with E-state index in [0.29, 0.717) is 21.9 Å². The van der Waals surface area contributed by atoms with Gasteiger partial charge in [-0.05, 0) is 5.56 Å². The zero-order chi connectivity index (χ0) is 16.6. The van der Waals surface area contributed by atoms with Crippen LogP contribution in [0, 0.1) is 16.7 Å². The molecule has 4 N–H and O–H groups in total. The number of fused-ring (bicyclic) bond motifs is 1. The summed E-state index contributed by atoms with van der Waals surface area (Å²) in [5, 5.41) is 20.9. The predicted molar refractivity (Wildman–Crippen MR) is 89.1 cm³/mol. The van der Waals surface area contributed by atoms with Crippen LogP contribution < -0.4 is 11.1 Å². The van der Waals surface area contributed by atoms with Gasteiger partial charge in [0.05, 0.1) is 33.9 Å². The molecule has 1 aromatic carbocycles. The largest absolute Gasteiger partial charge is 0.384 e. The van der Waals surface area contributed by atoms with Gasteiger partial charge < -0.3 is 11.1 Å². The minimum atomic E-state index is -0.522. The highest BCUT2D eigenvalue weighted by atomic mass is 32.2. The zero-order valence-corrected chi connectivity index (χ0v) is 13.3. The third-order valence-corrected chi connectivity index (χ3v) is 4.96. The van der Waals surface area contributed by atoms with Crippen LogP contribution in [0.4, 0.5) is 0 Å². The fourth-order valence-electron chi connectivity index (χ4n) is 2.84. The maximum Gasteiger partial charge on any atom is 0.250 e. The standard InChI is InChI=1S/C16H15N5OS/c1-20-15(22)13-12(9-5-3-2-4-6-9)10(7-17)14(19)21-11(18)8-23-16(13)21/h2-6,12,18H,8,19H2,1H3,(H,20,22)/t12-/m0/s1. The van der Waals surface area contributed by atoms with Gasteiger partial charge in [0.25, 0.3) is 5.91 Å². The number of hydrogen-bond donors (Lipinski definition) is 3. The summed E-state index contributed by atoms with van der Waals surface area (Å²) in [5.74, 6) is 0.158. The second-order valence-electron chi connectivity index (χ2n) is 5.12. The van der Waals surface area contributed by atoms with Crippen molar-refractivity contribution in [3.63, 3.8) is 0 Å². The van der Waals surface area contributed by atoms with Gasteiger partial charge >= 0.3 is 0 Å². The van der Waals surface area contributed by atoms with Gasteiger partial charge in [-0.3, -0.25) is 15.1 Å². The number of nitrogens with zero attached hydrogens (tertiary/aromatic N) is 2. The molecular weight excluding hydrogens is 310 g/mol. The van der Waals surface area contributed by atoms with Gasteiger partial charge in [0.2, 0.25) is 0 Å². The van der Waals surface area contributed by atoms with E-state index in [1.165, 1.54) is 16.7 Å². The number of nitrogens with two attached hydrogens (primary N) is 1. The Morgan fingerprint density at radius 3 is 2.78 bits per heavy atom. The van der Waals surface area contributed by atoms with E-state index in [2.05, 4.69) is 11.4 Å². The van der Waals surface area contributed by atoms with E-state index >= 15 is 0 Å². The number of hydrogen-bond acceptors (Lipinski definition) is 5. The van der Waals surface area contributed by atoms with E-state index in [1.54, 1.807) is 7.05 Å². The third kappa shape index (κ3) is 2.28. The lowest BCUT2D eigenvalue weighted by Gasteiger charge is -2.32. The van der Waals surface area contributed by atoms with Crippen molar-refractivity contribution in [1.29, 1.82) is 10.7 Å². The third-order valence-electron chi connectivity index (χ3n) is 3.87. The van der Waals surface area contributed by atoms with E-state index in [1.807, 2.05) is 30.3 Å². The van der Waals surface area contributed by atoms with Crippen molar-refractivity contribution in [2.75, 3.05) is 12.8 Å². The molecule has 3 rings (SSSR count). The lowest BCUT2D eigenvalue weighted by atomic mass is 9.82. The number of benzene rings is 1. The minimum Gasteiger partial charge on any atom is -0.384 e. The molecule has 1 aromatic rings. The topological polar surface area (TPSA) is 106 Å². The molecule has 2 heterocycles. The molecule has 1 atom stereocenters. The van der Waals surface area contributed by atoms with E-state index < -0.39 is 5.92 Å². The average Bonchev–Trinajstić information content (AvgIpc) is 2.96. The molecule has 0 unspecified atom stereocenters. The molecule has 0 aromatic heterocycles. The van der Waals surface area contributed by atoms with E-state index in [0.717, 1.165) is 5.56 Å². The number of amides is 1. The Hall–Kier alpha value is -2.72. The molecule has 6 nitrogen and oxygen atoms in total. The first kappa shape index (κ1) is 15.2. The second kappa shape index (κ2) is 5.82. The highest BCUT2D eigenvalue weighted by molar-refractivity contribution is 8.04. The maximum atomic E-state index is 12.5. The molecule has 1 amide bonds. The monoisotopic (exact) mass is 325 g/mol. The van der Waals surface area contributed by atoms with Crippen molar-refractivity contribution in [2.24, 2.45) is 5.73 Å². The number of nitrogens with one attached hydrogen (secondary N) is 2. The SMILES string of the molecule is CNC(=O)C1=C2SCC(=N)N2C(N)=C(C#N)[C@@H]1c1ccccc1. The summed E-state index contributed by atoms with van der Waals surface area (Å²) in [7, 11) is 1.56. The minimum absolute atomic E-state index is 0.235. The first-order chi connectivity index (χ1) is 11.1. The smallest absolute Gasteiger partial charge is 0.250 e. The highest BCUT2D eigenvalue weighted by Gasteiger charge is 2.42. The van der Waals surface area contributed by atoms with Gasteiger partial charge in [-0.1, -0.05) is 42.1 Å². The molecule has 0 bridgehead atoms. The van der Waals surface area contributed by atoms with Gasteiger partial charge in [0.1, 0.15) is 11.7 Å². The van der Waals surface area contributed by atoms with Crippen molar-refractivity contribution in [3.05, 3.63) is 57.9 Å². The molecule has 2 aliphatic heterocycles. The van der Waals surface area contributed by atoms with E-state index in [4.69, 9.17) is 11.1 Å². The Morgan fingerprint density at radius 2 is 2.17 bits per heavy atom. The molecule has 0 radical (unpaired) electrons. The number of carbonyl (C=O) groups excluding carboxylic acids is 1. The van der Waals surface area contributed by atoms with Gasteiger partial charge in [-0.15, -0.1) is 0 Å². The summed E-state index contributed by atoms with van der Waals surface area (Å²) < 4.78 is 0. The summed E-state index contributed by atoms with van der Waals surface area (Å²) in [6.45, 7) is 0. The van der Waals surface area contributed by atoms with E-state index in [-0.39, 0.29) is 17.6 Å². The fourth-order valence-corrected chi connectivity index (χ4v) is 3.95. The summed E-state index contributed by atoms with van der Waals surface area (Å²) in [5.41, 5.74) is 7.76. The molecule has 0 saturated carbocycles. The van der Waals surface area contributed by atoms with Crippen molar-refractivity contribution >= 4 is 23.5 Å². The van der Waals surface area contributed by atoms with Crippen LogP contribution >= 0.6 is 11.8 Å². The van der Waals surface area contributed by atoms with Gasteiger partial charge in [0, 0.05) is 7.05 Å². The Balaban J connectivity index is 2.28. The van der Waals surface area contributed by atoms with Crippen LogP contribution in [0.5, 0.6) is 0 Å². The molecule has 1 fully saturated rings. The normalized spacial score (nSPS) is 20.4. The molecule has 23 heavy (non-hydrogen) atoms. The van der Waals surface area contributed by atoms with Crippen LogP contribution in [0.15, 0.2) is 52.3 Å². The van der Waals surface area contributed by atoms with Crippen molar-refractivity contribution < 1.29 is 4.79 Å². The number of allylic oxidation sites excluding steroid dienone is 1. The Morgan fingerprint density at radius 1 is 1.48 bits per heavy atom. The Kier molecular flexibility index (Phi) is 3.84. The molecule has 116 valence electrons. The summed E-state index contributed by atoms with van der Waals surface area (Å²) in [6, 6.07) is 11.5. The number of thioether (sulfide) groups is 1. The van der Waals surface area contributed by atoms with Crippen LogP contribution in [0.2, 0.25) is 0 Å². The van der Waals surface area contributed by atoms with Crippen LogP contribution in [0.3, 0.4) is 0 Å². The predicted octanol–water partition coefficient (Wildman–Crippen LogP) is 1.46. The molecule has 7 heteroatoms. The summed E-state index contributed by atoms with van der Waals surface area (Å²) >= 11 is 1.40. The van der Waals surface area contributed by atoms with Crippen LogP contribution in [-0.4, -0.2) is 29.4 Å². The summed E-state index contributed by atoms with van der Waals surface area (Å²) in [6.07, 6.45) is 0. The molecule has 2 aliphatic rings. The second-order valence-corrected chi connectivity index (χ2v) is 6.09. The average molecular weight is 325 g/mol. The van der Waals surface area contributed by atoms with Crippen molar-refractivity contribution in [1.82, 2.24) is 10.2 Å². The van der Waals surface area contributed by atoms with Gasteiger partial charge in [-0.2, -0.15) is 5.26 Å². The van der Waals surface area contributed by atoms with Gasteiger partial charge in [-0.25, -0.2) is 0 Å². The number of nitriles is 1. The lowest BCUT2D eigenvalue weighted by molar-refractivity contribution is -0.117. The Bertz CT molecular complexity index is 790. The first-order valence-corrected chi connectivity index (χ1v) is 8.00. The maximum absolute atomic E-state index is 12.5. The van der Waals surface area contributed by atoms with Crippen molar-refractivity contribution in [2.45, 2.75) is 5.92 Å². The highest BCUT2D eigenvalue weighted by Crippen LogP contribution is 2.46. The quantitative estimate of drug-likeness (QED) is 0.763. The van der Waals surface area contributed by atoms with Crippen LogP contribution in [0.1, 0.15) is 11.5 Å². The first-order valence-electron chi connectivity index (χ1n) is 7.01. The summed E-state index contributed by atoms with van der Waals surface area (Å²) in [4.78, 5) is 14.0. The molecular formula is C16H15N5OS. The number of carbonyl (C=O) groups is 1. The number of rotatable bonds is 2. The lowest BCUT2D eigenvalue weighted by Crippen LogP contribution is -2.38. The number of likely N-dealkylation sites (N-methyl/N-ethyl adjacent to an activating group) is 1. The van der Waals surface area contributed by atoms with E-state index in [9.17, 15) is 10.1 Å². The Labute approximate surface area is 138 Å². The van der Waals surface area contributed by atoms with Crippen molar-refractivity contribution in [3.8, 4) is 6.07 Å². The van der Waals surface area contributed by atoms with Crippen LogP contribution in [0.25, 0.3) is 0 Å². The zero-order valence-electron chi connectivity index (χ0n) is 12.5. The number of amidine groups is 1. The van der Waals surface area contributed by atoms with Crippen LogP contribution in [-0.2, 0) is 4.79 Å². The molecule has 0 aliphatic carbocycles. The molecule has 0 spiro atoms.